The predicted molar refractivity (Wildman–Crippen MR) is 254 cm³/mol. The molecule has 364 valence electrons. The third kappa shape index (κ3) is 11.7. The first-order valence-electron chi connectivity index (χ1n) is 24.0. The molecule has 0 radical (unpaired) electrons. The molecule has 2 N–H and O–H groups in total. The molecule has 2 amide bonds. The van der Waals surface area contributed by atoms with E-state index in [9.17, 15) is 23.6 Å². The average molecular weight is 937 g/mol. The first kappa shape index (κ1) is 50.1. The van der Waals surface area contributed by atoms with E-state index in [2.05, 4.69) is 6.07 Å². The molecule has 0 saturated carbocycles. The quantitative estimate of drug-likeness (QED) is 0.154. The van der Waals surface area contributed by atoms with Crippen molar-refractivity contribution in [3.05, 3.63) is 118 Å². The Kier molecular flexibility index (Phi) is 15.7. The van der Waals surface area contributed by atoms with Gasteiger partial charge in [0.15, 0.2) is 0 Å². The molecule has 0 aromatic heterocycles. The number of hydrogen-bond acceptors (Lipinski definition) is 10. The van der Waals surface area contributed by atoms with E-state index in [1.165, 1.54) is 24.3 Å². The number of carbonyl (C=O) groups excluding carboxylic acids is 2. The molecule has 4 aliphatic heterocycles. The number of halogens is 2. The number of piperidine rings is 2. The Morgan fingerprint density at radius 3 is 1.49 bits per heavy atom. The highest BCUT2D eigenvalue weighted by atomic mass is 19.1. The number of likely N-dealkylation sites (tertiary alicyclic amines) is 2. The molecule has 68 heavy (non-hydrogen) atoms. The molecular weight excluding hydrogens is 871 g/mol. The van der Waals surface area contributed by atoms with Gasteiger partial charge in [0.25, 0.3) is 11.8 Å². The number of nitrogens with two attached hydrogens (primary N) is 1. The SMILES string of the molecule is CC(C)Oc1ccc(C(=O)N2CCC3(CC2)C[C@@H](OC(C)C)c2cc(F)ccc2O3)cc1C#N.CC(C)Oc1ccc(C(=O)N2CCC3(CC2)C[C@@H](OC(C)C)c2cc(F)ccc2O3)cc1CN. The van der Waals surface area contributed by atoms with Gasteiger partial charge in [0.1, 0.15) is 51.9 Å². The van der Waals surface area contributed by atoms with Crippen LogP contribution in [0.3, 0.4) is 0 Å². The second kappa shape index (κ2) is 21.3. The molecule has 12 nitrogen and oxygen atoms in total. The average Bonchev–Trinajstić information content (AvgIpc) is 3.29. The molecule has 2 saturated heterocycles. The van der Waals surface area contributed by atoms with Crippen LogP contribution in [0.5, 0.6) is 23.0 Å². The first-order valence-corrected chi connectivity index (χ1v) is 24.0. The number of nitriles is 1. The van der Waals surface area contributed by atoms with E-state index in [1.807, 2.05) is 72.4 Å². The van der Waals surface area contributed by atoms with Crippen LogP contribution in [0.25, 0.3) is 0 Å². The summed E-state index contributed by atoms with van der Waals surface area (Å²) in [6.07, 6.45) is 3.41. The lowest BCUT2D eigenvalue weighted by Gasteiger charge is -2.47. The van der Waals surface area contributed by atoms with Gasteiger partial charge in [0.2, 0.25) is 0 Å². The number of carbonyl (C=O) groups is 2. The summed E-state index contributed by atoms with van der Waals surface area (Å²) < 4.78 is 64.4. The van der Waals surface area contributed by atoms with E-state index in [0.29, 0.717) is 111 Å². The number of fused-ring (bicyclic) bond motifs is 2. The Morgan fingerprint density at radius 2 is 1.07 bits per heavy atom. The zero-order chi connectivity index (χ0) is 48.9. The fourth-order valence-electron chi connectivity index (χ4n) is 9.63. The van der Waals surface area contributed by atoms with Gasteiger partial charge in [-0.2, -0.15) is 5.26 Å². The standard InChI is InChI=1S/C27H35FN2O4.C27H31FN2O4/c2*1-17(2)32-23-7-5-19(13-20(23)16-29)26(31)30-11-9-27(10-12-30)15-25(33-18(3)4)22-14-21(28)6-8-24(22)34-27/h5-8,13-14,17-18,25H,9-12,15-16,29H2,1-4H3;5-8,13-14,17-18,25H,9-12,15H2,1-4H3/t2*25-/m11/s1. The van der Waals surface area contributed by atoms with Crippen molar-refractivity contribution in [3.63, 3.8) is 0 Å². The first-order chi connectivity index (χ1) is 32.4. The van der Waals surface area contributed by atoms with Gasteiger partial charge in [-0.05, 0) is 128 Å². The predicted octanol–water partition coefficient (Wildman–Crippen LogP) is 10.4. The van der Waals surface area contributed by atoms with Crippen molar-refractivity contribution in [1.29, 1.82) is 5.26 Å². The van der Waals surface area contributed by atoms with Crippen LogP contribution in [0.15, 0.2) is 72.8 Å². The lowest BCUT2D eigenvalue weighted by molar-refractivity contribution is -0.0879. The van der Waals surface area contributed by atoms with Crippen LogP contribution >= 0.6 is 0 Å². The number of nitrogens with zero attached hydrogens (tertiary/aromatic N) is 3. The summed E-state index contributed by atoms with van der Waals surface area (Å²) in [4.78, 5) is 30.1. The van der Waals surface area contributed by atoms with Gasteiger partial charge in [0, 0.05) is 99.1 Å². The lowest BCUT2D eigenvalue weighted by atomic mass is 9.81. The molecule has 2 spiro atoms. The van der Waals surface area contributed by atoms with Crippen LogP contribution in [-0.2, 0) is 16.0 Å². The van der Waals surface area contributed by atoms with Crippen LogP contribution in [0, 0.1) is 23.0 Å². The third-order valence-corrected chi connectivity index (χ3v) is 12.8. The van der Waals surface area contributed by atoms with Gasteiger partial charge in [-0.3, -0.25) is 9.59 Å². The van der Waals surface area contributed by atoms with E-state index in [4.69, 9.17) is 34.2 Å². The molecule has 4 aliphatic rings. The normalized spacial score (nSPS) is 19.1. The summed E-state index contributed by atoms with van der Waals surface area (Å²) in [5.74, 6) is 1.78. The van der Waals surface area contributed by atoms with Crippen molar-refractivity contribution in [3.8, 4) is 29.1 Å². The molecule has 4 heterocycles. The van der Waals surface area contributed by atoms with E-state index >= 15 is 0 Å². The van der Waals surface area contributed by atoms with Crippen molar-refractivity contribution >= 4 is 11.8 Å². The monoisotopic (exact) mass is 936 g/mol. The highest BCUT2D eigenvalue weighted by Gasteiger charge is 2.46. The Balaban J connectivity index is 0.000000201. The van der Waals surface area contributed by atoms with Crippen molar-refractivity contribution in [2.75, 3.05) is 26.2 Å². The number of rotatable bonds is 11. The molecule has 0 bridgehead atoms. The van der Waals surface area contributed by atoms with E-state index < -0.39 is 11.2 Å². The van der Waals surface area contributed by atoms with Crippen LogP contribution in [0.2, 0.25) is 0 Å². The summed E-state index contributed by atoms with van der Waals surface area (Å²) in [5.41, 5.74) is 8.76. The molecule has 8 rings (SSSR count). The zero-order valence-electron chi connectivity index (χ0n) is 40.6. The van der Waals surface area contributed by atoms with Crippen LogP contribution < -0.4 is 24.7 Å². The Morgan fingerprint density at radius 1 is 0.647 bits per heavy atom. The molecule has 4 aromatic rings. The van der Waals surface area contributed by atoms with Crippen molar-refractivity contribution in [2.45, 2.75) is 148 Å². The Labute approximate surface area is 399 Å². The number of ether oxygens (including phenoxy) is 6. The summed E-state index contributed by atoms with van der Waals surface area (Å²) in [5, 5.41) is 9.49. The third-order valence-electron chi connectivity index (χ3n) is 12.8. The minimum atomic E-state index is -0.464. The van der Waals surface area contributed by atoms with Gasteiger partial charge in [0.05, 0.1) is 42.2 Å². The van der Waals surface area contributed by atoms with Crippen molar-refractivity contribution < 1.29 is 46.8 Å². The molecule has 14 heteroatoms. The minimum absolute atomic E-state index is 0.00471. The fourth-order valence-corrected chi connectivity index (χ4v) is 9.63. The number of hydrogen-bond donors (Lipinski definition) is 1. The molecule has 0 aliphatic carbocycles. The molecular formula is C54H66F2N4O8. The highest BCUT2D eigenvalue weighted by Crippen LogP contribution is 2.48. The van der Waals surface area contributed by atoms with Gasteiger partial charge in [-0.15, -0.1) is 0 Å². The molecule has 4 aromatic carbocycles. The van der Waals surface area contributed by atoms with Gasteiger partial charge in [-0.1, -0.05) is 0 Å². The number of benzene rings is 4. The van der Waals surface area contributed by atoms with Gasteiger partial charge in [-0.25, -0.2) is 8.78 Å². The zero-order valence-corrected chi connectivity index (χ0v) is 40.6. The van der Waals surface area contributed by atoms with Crippen LogP contribution in [-0.4, -0.2) is 83.4 Å². The smallest absolute Gasteiger partial charge is 0.253 e. The second-order valence-corrected chi connectivity index (χ2v) is 19.5. The Hall–Kier alpha value is -5.75. The van der Waals surface area contributed by atoms with Crippen molar-refractivity contribution in [1.82, 2.24) is 9.80 Å². The van der Waals surface area contributed by atoms with Crippen LogP contribution in [0.4, 0.5) is 8.78 Å². The second-order valence-electron chi connectivity index (χ2n) is 19.5. The van der Waals surface area contributed by atoms with Crippen molar-refractivity contribution in [2.24, 2.45) is 5.73 Å². The summed E-state index contributed by atoms with van der Waals surface area (Å²) >= 11 is 0. The fraction of sp³-hybridized carbons (Fsp3) is 0.500. The number of amides is 2. The van der Waals surface area contributed by atoms with E-state index in [-0.39, 0.29) is 60.1 Å². The summed E-state index contributed by atoms with van der Waals surface area (Å²) in [6, 6.07) is 21.8. The molecule has 2 atom stereocenters. The maximum absolute atomic E-state index is 13.9. The molecule has 2 fully saturated rings. The highest BCUT2D eigenvalue weighted by molar-refractivity contribution is 5.95. The van der Waals surface area contributed by atoms with E-state index in [0.717, 1.165) is 16.7 Å². The maximum atomic E-state index is 13.9. The molecule has 0 unspecified atom stereocenters. The van der Waals surface area contributed by atoms with Gasteiger partial charge >= 0.3 is 0 Å². The van der Waals surface area contributed by atoms with Crippen LogP contribution in [0.1, 0.15) is 149 Å². The topological polar surface area (TPSA) is 146 Å². The summed E-state index contributed by atoms with van der Waals surface area (Å²) in [6.45, 7) is 18.1. The van der Waals surface area contributed by atoms with E-state index in [1.54, 1.807) is 41.3 Å². The minimum Gasteiger partial charge on any atom is -0.491 e. The Bertz CT molecular complexity index is 2470. The largest absolute Gasteiger partial charge is 0.491 e. The summed E-state index contributed by atoms with van der Waals surface area (Å²) in [7, 11) is 0. The maximum Gasteiger partial charge on any atom is 0.253 e. The van der Waals surface area contributed by atoms with Gasteiger partial charge < -0.3 is 44.0 Å². The lowest BCUT2D eigenvalue weighted by Crippen LogP contribution is -2.52.